The van der Waals surface area contributed by atoms with Crippen LogP contribution >= 0.6 is 0 Å². The van der Waals surface area contributed by atoms with Gasteiger partial charge in [-0.1, -0.05) is 60.7 Å². The van der Waals surface area contributed by atoms with Crippen LogP contribution < -0.4 is 5.32 Å². The fourth-order valence-corrected chi connectivity index (χ4v) is 4.34. The number of rotatable bonds is 8. The van der Waals surface area contributed by atoms with Crippen molar-refractivity contribution in [2.75, 3.05) is 26.7 Å². The van der Waals surface area contributed by atoms with Crippen LogP contribution in [0.3, 0.4) is 0 Å². The van der Waals surface area contributed by atoms with E-state index in [1.165, 1.54) is 0 Å². The van der Waals surface area contributed by atoms with Crippen molar-refractivity contribution in [1.82, 2.24) is 10.2 Å². The van der Waals surface area contributed by atoms with Gasteiger partial charge in [-0.2, -0.15) is 0 Å². The summed E-state index contributed by atoms with van der Waals surface area (Å²) in [6.45, 7) is 3.01. The van der Waals surface area contributed by atoms with Crippen LogP contribution in [0.1, 0.15) is 43.2 Å². The number of carbonyl (C=O) groups is 1. The lowest BCUT2D eigenvalue weighted by molar-refractivity contribution is -0.120. The quantitative estimate of drug-likeness (QED) is 0.689. The molecule has 0 radical (unpaired) electrons. The van der Waals surface area contributed by atoms with E-state index in [0.29, 0.717) is 6.42 Å². The van der Waals surface area contributed by atoms with Crippen LogP contribution in [0.2, 0.25) is 0 Å². The molecule has 2 N–H and O–H groups in total. The van der Waals surface area contributed by atoms with E-state index >= 15 is 0 Å². The number of likely N-dealkylation sites (tertiary alicyclic amines) is 1. The predicted octanol–water partition coefficient (Wildman–Crippen LogP) is 3.55. The monoisotopic (exact) mass is 380 g/mol. The first-order valence-electron chi connectivity index (χ1n) is 10.4. The molecule has 2 aromatic carbocycles. The molecular formula is C24H32N2O2. The highest BCUT2D eigenvalue weighted by molar-refractivity contribution is 5.75. The topological polar surface area (TPSA) is 52.6 Å². The Bertz CT molecular complexity index is 685. The van der Waals surface area contributed by atoms with Gasteiger partial charge in [0.25, 0.3) is 0 Å². The number of hydrogen-bond donors (Lipinski definition) is 2. The van der Waals surface area contributed by atoms with Crippen molar-refractivity contribution < 1.29 is 9.90 Å². The van der Waals surface area contributed by atoms with Crippen molar-refractivity contribution in [3.05, 3.63) is 71.8 Å². The van der Waals surface area contributed by atoms with E-state index in [1.807, 2.05) is 60.7 Å². The molecule has 1 heterocycles. The first-order valence-corrected chi connectivity index (χ1v) is 10.4. The molecule has 0 spiro atoms. The van der Waals surface area contributed by atoms with Gasteiger partial charge in [0.2, 0.25) is 5.91 Å². The van der Waals surface area contributed by atoms with Gasteiger partial charge in [0.05, 0.1) is 0 Å². The summed E-state index contributed by atoms with van der Waals surface area (Å²) in [7, 11) is 1.69. The van der Waals surface area contributed by atoms with Crippen LogP contribution in [-0.4, -0.2) is 42.6 Å². The Morgan fingerprint density at radius 2 is 1.54 bits per heavy atom. The van der Waals surface area contributed by atoms with Gasteiger partial charge in [0, 0.05) is 13.5 Å². The van der Waals surface area contributed by atoms with E-state index < -0.39 is 5.60 Å². The standard InChI is InChI=1S/C24H32N2O2/c1-25-23(27)14-8-9-17-26-18-15-22(16-19-26)24(28,20-10-4-2-5-11-20)21-12-6-3-7-13-21/h2-7,10-13,22,28H,8-9,14-19H2,1H3,(H,25,27). The fourth-order valence-electron chi connectivity index (χ4n) is 4.34. The molecule has 28 heavy (non-hydrogen) atoms. The second-order valence-electron chi connectivity index (χ2n) is 7.74. The molecule has 0 atom stereocenters. The number of unbranched alkanes of at least 4 members (excludes halogenated alkanes) is 1. The van der Waals surface area contributed by atoms with Crippen LogP contribution in [0.25, 0.3) is 0 Å². The molecule has 0 saturated carbocycles. The molecule has 1 fully saturated rings. The number of carbonyl (C=O) groups excluding carboxylic acids is 1. The maximum absolute atomic E-state index is 11.9. The number of piperidine rings is 1. The Labute approximate surface area is 168 Å². The molecule has 1 amide bonds. The number of hydrogen-bond acceptors (Lipinski definition) is 3. The summed E-state index contributed by atoms with van der Waals surface area (Å²) < 4.78 is 0. The van der Waals surface area contributed by atoms with E-state index in [-0.39, 0.29) is 11.8 Å². The maximum atomic E-state index is 11.9. The number of nitrogens with zero attached hydrogens (tertiary/aromatic N) is 1. The van der Waals surface area contributed by atoms with Crippen molar-refractivity contribution >= 4 is 5.91 Å². The highest BCUT2D eigenvalue weighted by Gasteiger charge is 2.41. The third-order valence-electron chi connectivity index (χ3n) is 6.01. The van der Waals surface area contributed by atoms with E-state index in [0.717, 1.165) is 56.4 Å². The molecule has 1 saturated heterocycles. The maximum Gasteiger partial charge on any atom is 0.219 e. The molecule has 4 nitrogen and oxygen atoms in total. The molecule has 0 bridgehead atoms. The average molecular weight is 381 g/mol. The third-order valence-corrected chi connectivity index (χ3v) is 6.01. The van der Waals surface area contributed by atoms with Gasteiger partial charge in [-0.15, -0.1) is 0 Å². The molecule has 0 unspecified atom stereocenters. The van der Waals surface area contributed by atoms with Crippen molar-refractivity contribution in [3.8, 4) is 0 Å². The zero-order valence-electron chi connectivity index (χ0n) is 16.8. The summed E-state index contributed by atoms with van der Waals surface area (Å²) in [6.07, 6.45) is 4.51. The van der Waals surface area contributed by atoms with Gasteiger partial charge in [-0.3, -0.25) is 4.79 Å². The zero-order chi connectivity index (χ0) is 19.8. The van der Waals surface area contributed by atoms with E-state index in [2.05, 4.69) is 10.2 Å². The summed E-state index contributed by atoms with van der Waals surface area (Å²) in [5, 5.41) is 14.6. The Morgan fingerprint density at radius 1 is 1.00 bits per heavy atom. The van der Waals surface area contributed by atoms with E-state index in [1.54, 1.807) is 7.05 Å². The molecule has 0 aliphatic carbocycles. The molecule has 2 aromatic rings. The molecular weight excluding hydrogens is 348 g/mol. The van der Waals surface area contributed by atoms with Gasteiger partial charge < -0.3 is 15.3 Å². The second kappa shape index (κ2) is 9.85. The Kier molecular flexibility index (Phi) is 7.24. The Balaban J connectivity index is 1.64. The predicted molar refractivity (Wildman–Crippen MR) is 113 cm³/mol. The largest absolute Gasteiger partial charge is 0.380 e. The minimum absolute atomic E-state index is 0.120. The minimum atomic E-state index is -0.951. The van der Waals surface area contributed by atoms with Gasteiger partial charge in [0.1, 0.15) is 5.60 Å². The summed E-state index contributed by atoms with van der Waals surface area (Å²) in [4.78, 5) is 13.8. The molecule has 1 aliphatic rings. The molecule has 4 heteroatoms. The molecule has 3 rings (SSSR count). The first kappa shape index (κ1) is 20.6. The number of benzene rings is 2. The van der Waals surface area contributed by atoms with Crippen LogP contribution in [0.15, 0.2) is 60.7 Å². The lowest BCUT2D eigenvalue weighted by Crippen LogP contribution is -2.44. The molecule has 150 valence electrons. The molecule has 0 aromatic heterocycles. The lowest BCUT2D eigenvalue weighted by Gasteiger charge is -2.42. The first-order chi connectivity index (χ1) is 13.6. The number of amides is 1. The fraction of sp³-hybridized carbons (Fsp3) is 0.458. The van der Waals surface area contributed by atoms with Gasteiger partial charge in [-0.25, -0.2) is 0 Å². The minimum Gasteiger partial charge on any atom is -0.380 e. The third kappa shape index (κ3) is 4.81. The SMILES string of the molecule is CNC(=O)CCCCN1CCC(C(O)(c2ccccc2)c2ccccc2)CC1. The van der Waals surface area contributed by atoms with E-state index in [9.17, 15) is 9.90 Å². The van der Waals surface area contributed by atoms with Crippen LogP contribution in [-0.2, 0) is 10.4 Å². The summed E-state index contributed by atoms with van der Waals surface area (Å²) in [6, 6.07) is 20.2. The smallest absolute Gasteiger partial charge is 0.219 e. The zero-order valence-corrected chi connectivity index (χ0v) is 16.8. The van der Waals surface area contributed by atoms with Crippen LogP contribution in [0, 0.1) is 5.92 Å². The average Bonchev–Trinajstić information content (AvgIpc) is 2.77. The van der Waals surface area contributed by atoms with Crippen LogP contribution in [0.4, 0.5) is 0 Å². The Hall–Kier alpha value is -2.17. The van der Waals surface area contributed by atoms with Crippen molar-refractivity contribution in [2.45, 2.75) is 37.7 Å². The summed E-state index contributed by atoms with van der Waals surface area (Å²) in [5.74, 6) is 0.314. The second-order valence-corrected chi connectivity index (χ2v) is 7.74. The normalized spacial score (nSPS) is 16.1. The number of aliphatic hydroxyl groups is 1. The van der Waals surface area contributed by atoms with Crippen molar-refractivity contribution in [2.24, 2.45) is 5.92 Å². The van der Waals surface area contributed by atoms with Gasteiger partial charge >= 0.3 is 0 Å². The van der Waals surface area contributed by atoms with Crippen molar-refractivity contribution in [1.29, 1.82) is 0 Å². The number of nitrogens with one attached hydrogen (secondary N) is 1. The summed E-state index contributed by atoms with van der Waals surface area (Å²) in [5.41, 5.74) is 1.00. The lowest BCUT2D eigenvalue weighted by atomic mass is 9.72. The summed E-state index contributed by atoms with van der Waals surface area (Å²) >= 11 is 0. The highest BCUT2D eigenvalue weighted by Crippen LogP contribution is 2.41. The van der Waals surface area contributed by atoms with Gasteiger partial charge in [-0.05, 0) is 62.4 Å². The Morgan fingerprint density at radius 3 is 2.04 bits per heavy atom. The van der Waals surface area contributed by atoms with E-state index in [4.69, 9.17) is 0 Å². The van der Waals surface area contributed by atoms with Crippen LogP contribution in [0.5, 0.6) is 0 Å². The molecule has 1 aliphatic heterocycles. The van der Waals surface area contributed by atoms with Crippen molar-refractivity contribution in [3.63, 3.8) is 0 Å². The van der Waals surface area contributed by atoms with Gasteiger partial charge in [0.15, 0.2) is 0 Å². The highest BCUT2D eigenvalue weighted by atomic mass is 16.3.